The van der Waals surface area contributed by atoms with Crippen LogP contribution in [0.15, 0.2) is 54.9 Å². The Morgan fingerprint density at radius 2 is 1.98 bits per heavy atom. The molecule has 4 rings (SSSR count). The lowest BCUT2D eigenvalue weighted by atomic mass is 9.85. The van der Waals surface area contributed by atoms with Crippen molar-refractivity contribution in [1.82, 2.24) is 9.97 Å². The maximum Gasteiger partial charge on any atom is 0.161 e. The molecule has 0 aliphatic heterocycles. The molecule has 0 radical (unpaired) electrons. The van der Waals surface area contributed by atoms with Gasteiger partial charge in [0.15, 0.2) is 11.5 Å². The third kappa shape index (κ3) is 9.52. The van der Waals surface area contributed by atoms with Gasteiger partial charge in [-0.15, -0.1) is 5.92 Å². The Morgan fingerprint density at radius 3 is 2.76 bits per heavy atom. The van der Waals surface area contributed by atoms with Gasteiger partial charge in [-0.05, 0) is 86.3 Å². The quantitative estimate of drug-likeness (QED) is 0.190. The summed E-state index contributed by atoms with van der Waals surface area (Å²) >= 11 is 0. The largest absolute Gasteiger partial charge is 0.668 e. The Morgan fingerprint density at radius 1 is 1.12 bits per heavy atom. The van der Waals surface area contributed by atoms with E-state index < -0.39 is 12.2 Å². The molecule has 2 heterocycles. The van der Waals surface area contributed by atoms with Gasteiger partial charge in [0.2, 0.25) is 0 Å². The fourth-order valence-corrected chi connectivity index (χ4v) is 5.74. The molecular formula is C34H44N3O5-. The summed E-state index contributed by atoms with van der Waals surface area (Å²) in [5.41, 5.74) is 8.94. The summed E-state index contributed by atoms with van der Waals surface area (Å²) in [6.07, 6.45) is 9.16. The summed E-state index contributed by atoms with van der Waals surface area (Å²) in [5, 5.41) is 41.6. The van der Waals surface area contributed by atoms with Crippen LogP contribution in [0.2, 0.25) is 0 Å². The number of hydrogen-bond acceptors (Lipinski definition) is 7. The van der Waals surface area contributed by atoms with Gasteiger partial charge in [-0.25, -0.2) is 4.98 Å². The number of phenols is 1. The first-order valence-electron chi connectivity index (χ1n) is 15.1. The van der Waals surface area contributed by atoms with Gasteiger partial charge in [-0.1, -0.05) is 37.0 Å². The number of anilines is 1. The number of hydrogen-bond donors (Lipinski definition) is 5. The Bertz CT molecular complexity index is 1290. The fraction of sp³-hybridized carbons (Fsp3) is 0.500. The smallest absolute Gasteiger partial charge is 0.161 e. The number of ether oxygens (including phenoxy) is 1. The Hall–Kier alpha value is -3.51. The summed E-state index contributed by atoms with van der Waals surface area (Å²) in [6.45, 7) is 0.510. The lowest BCUT2D eigenvalue weighted by Gasteiger charge is -2.27. The minimum Gasteiger partial charge on any atom is -0.668 e. The van der Waals surface area contributed by atoms with Crippen molar-refractivity contribution in [3.63, 3.8) is 0 Å². The molecule has 1 aromatic carbocycles. The zero-order chi connectivity index (χ0) is 29.7. The highest BCUT2D eigenvalue weighted by Gasteiger charge is 2.26. The van der Waals surface area contributed by atoms with Crippen LogP contribution in [0.3, 0.4) is 0 Å². The van der Waals surface area contributed by atoms with E-state index in [2.05, 4.69) is 21.8 Å². The second-order valence-corrected chi connectivity index (χ2v) is 11.3. The highest BCUT2D eigenvalue weighted by Crippen LogP contribution is 2.31. The van der Waals surface area contributed by atoms with Crippen LogP contribution >= 0.6 is 0 Å². The Balaban J connectivity index is 1.35. The molecule has 8 heteroatoms. The average molecular weight is 575 g/mol. The summed E-state index contributed by atoms with van der Waals surface area (Å²) in [7, 11) is 0. The van der Waals surface area contributed by atoms with E-state index in [0.29, 0.717) is 56.7 Å². The van der Waals surface area contributed by atoms with Crippen LogP contribution < -0.4 is 15.5 Å². The number of nitrogens with two attached hydrogens (primary N) is 1. The number of nitrogen functional groups attached to an aromatic ring is 1. The van der Waals surface area contributed by atoms with Crippen LogP contribution in [0, 0.1) is 23.7 Å². The molecular weight excluding hydrogens is 530 g/mol. The minimum atomic E-state index is -0.707. The molecule has 3 aromatic rings. The molecule has 0 saturated heterocycles. The number of aliphatic hydroxyl groups excluding tert-OH is 3. The zero-order valence-electron chi connectivity index (χ0n) is 24.2. The van der Waals surface area contributed by atoms with Crippen LogP contribution in [0.5, 0.6) is 11.5 Å². The van der Waals surface area contributed by atoms with Crippen molar-refractivity contribution >= 4 is 5.82 Å². The van der Waals surface area contributed by atoms with Gasteiger partial charge >= 0.3 is 0 Å². The van der Waals surface area contributed by atoms with Gasteiger partial charge in [-0.2, -0.15) is 11.9 Å². The molecule has 6 N–H and O–H groups in total. The summed E-state index contributed by atoms with van der Waals surface area (Å²) in [6, 6.07) is 13.0. The molecule has 226 valence electrons. The van der Waals surface area contributed by atoms with Gasteiger partial charge in [-0.3, -0.25) is 0 Å². The number of aromatic nitrogens is 2. The van der Waals surface area contributed by atoms with Crippen molar-refractivity contribution in [1.29, 1.82) is 0 Å². The average Bonchev–Trinajstić information content (AvgIpc) is 3.50. The van der Waals surface area contributed by atoms with Crippen molar-refractivity contribution in [3.05, 3.63) is 71.7 Å². The molecule has 2 aromatic heterocycles. The van der Waals surface area contributed by atoms with Crippen LogP contribution in [0.4, 0.5) is 5.82 Å². The number of aromatic hydroxyl groups is 1. The van der Waals surface area contributed by atoms with Crippen LogP contribution in [0.25, 0.3) is 0 Å². The maximum absolute atomic E-state index is 11.0. The first-order chi connectivity index (χ1) is 20.4. The molecule has 42 heavy (non-hydrogen) atoms. The van der Waals surface area contributed by atoms with Crippen LogP contribution in [0.1, 0.15) is 74.1 Å². The lowest BCUT2D eigenvalue weighted by Crippen LogP contribution is -2.32. The van der Waals surface area contributed by atoms with Gasteiger partial charge in [0, 0.05) is 31.1 Å². The Labute approximate surface area is 249 Å². The van der Waals surface area contributed by atoms with Gasteiger partial charge in [0.05, 0.1) is 18.8 Å². The maximum atomic E-state index is 11.0. The van der Waals surface area contributed by atoms with Crippen LogP contribution in [-0.2, 0) is 12.8 Å². The number of nitrogens with zero attached hydrogens (tertiary/aromatic N) is 2. The number of benzene rings is 1. The van der Waals surface area contributed by atoms with Gasteiger partial charge in [0.1, 0.15) is 5.82 Å². The SMILES string of the molecule is Nc1cc([C@H](CCOc2cc(CC[C@@H](O)[C@H]3CC#C[C@H](CCO)CCCC[C@@H]3O)ccc2O)Cc2ccc[n-]2)ccn1. The highest BCUT2D eigenvalue weighted by molar-refractivity contribution is 5.42. The number of rotatable bonds is 13. The summed E-state index contributed by atoms with van der Waals surface area (Å²) < 4.78 is 6.05. The van der Waals surface area contributed by atoms with Crippen LogP contribution in [-0.4, -0.2) is 50.8 Å². The highest BCUT2D eigenvalue weighted by atomic mass is 16.5. The van der Waals surface area contributed by atoms with E-state index in [4.69, 9.17) is 10.5 Å². The number of phenolic OH excluding ortho intramolecular Hbond substituents is 1. The van der Waals surface area contributed by atoms with E-state index in [9.17, 15) is 20.4 Å². The molecule has 0 saturated carbocycles. The van der Waals surface area contributed by atoms with E-state index in [1.54, 1.807) is 18.5 Å². The summed E-state index contributed by atoms with van der Waals surface area (Å²) in [5.74, 6) is 7.33. The standard InChI is InChI=1S/C34H44N3O5/c35-34-23-26(14-18-37-34)27(22-28-7-4-17-36-28)16-20-42-33-21-25(11-13-32(33)41)10-12-31(40)29-8-3-6-24(15-19-38)5-1-2-9-30(29)39/h4,7,11,13-14,17-18,21,23-24,27,29-31,38-41H,1-2,5,8-10,12,15-16,19-20,22H2,(H2,35,37)/q-1/t24-,27-,29+,30+,31-/m1/s1. The second kappa shape index (κ2) is 16.2. The van der Waals surface area contributed by atoms with E-state index in [1.165, 1.54) is 0 Å². The van der Waals surface area contributed by atoms with Crippen molar-refractivity contribution in [2.75, 3.05) is 18.9 Å². The number of aliphatic hydroxyl groups is 3. The monoisotopic (exact) mass is 574 g/mol. The van der Waals surface area contributed by atoms with Gasteiger partial charge in [0.25, 0.3) is 0 Å². The third-order valence-electron chi connectivity index (χ3n) is 8.24. The molecule has 1 aliphatic carbocycles. The topological polar surface area (TPSA) is 143 Å². The molecule has 0 spiro atoms. The Kier molecular flexibility index (Phi) is 12.1. The number of aryl methyl sites for hydroxylation is 1. The van der Waals surface area contributed by atoms with E-state index >= 15 is 0 Å². The number of pyridine rings is 1. The zero-order valence-corrected chi connectivity index (χ0v) is 24.2. The third-order valence-corrected chi connectivity index (χ3v) is 8.24. The predicted molar refractivity (Wildman–Crippen MR) is 163 cm³/mol. The second-order valence-electron chi connectivity index (χ2n) is 11.3. The molecule has 0 amide bonds. The van der Waals surface area contributed by atoms with Crippen molar-refractivity contribution in [2.24, 2.45) is 11.8 Å². The molecule has 0 unspecified atom stereocenters. The normalized spacial score (nSPS) is 20.7. The predicted octanol–water partition coefficient (Wildman–Crippen LogP) is 4.36. The first-order valence-corrected chi connectivity index (χ1v) is 15.1. The van der Waals surface area contributed by atoms with E-state index in [-0.39, 0.29) is 30.1 Å². The van der Waals surface area contributed by atoms with E-state index in [1.807, 2.05) is 36.4 Å². The molecule has 5 atom stereocenters. The molecule has 1 aliphatic rings. The summed E-state index contributed by atoms with van der Waals surface area (Å²) in [4.78, 5) is 8.53. The van der Waals surface area contributed by atoms with Gasteiger partial charge < -0.3 is 35.9 Å². The lowest BCUT2D eigenvalue weighted by molar-refractivity contribution is 0.00555. The fourth-order valence-electron chi connectivity index (χ4n) is 5.74. The van der Waals surface area contributed by atoms with Crippen molar-refractivity contribution in [3.8, 4) is 23.3 Å². The first kappa shape index (κ1) is 31.4. The molecule has 8 nitrogen and oxygen atoms in total. The molecule has 0 fully saturated rings. The molecule has 0 bridgehead atoms. The minimum absolute atomic E-state index is 0.0668. The van der Waals surface area contributed by atoms with Crippen molar-refractivity contribution < 1.29 is 25.2 Å². The van der Waals surface area contributed by atoms with Crippen molar-refractivity contribution in [2.45, 2.75) is 82.3 Å². The van der Waals surface area contributed by atoms with E-state index in [0.717, 1.165) is 42.5 Å².